The number of carbonyl (C=O) groups excluding carboxylic acids is 13. The van der Waals surface area contributed by atoms with Gasteiger partial charge in [0.2, 0.25) is 76.8 Å². The number of fused-ring (bicyclic) bond motifs is 1. The number of carbonyl (C=O) groups is 15. The molecule has 24 N–H and O–H groups in total. The number of likely N-dealkylation sites (tertiary alicyclic amines) is 1. The minimum atomic E-state index is -1.89. The fraction of sp³-hybridized carbons (Fsp3) is 0.619. The number of aliphatic hydroxyl groups is 1. The van der Waals surface area contributed by atoms with Crippen molar-refractivity contribution in [2.24, 2.45) is 45.5 Å². The number of carboxylic acids is 2. The Morgan fingerprint density at radius 2 is 1.09 bits per heavy atom. The van der Waals surface area contributed by atoms with Gasteiger partial charge in [0, 0.05) is 43.0 Å². The molecule has 36 nitrogen and oxygen atoms in total. The number of nitrogens with two attached hydrogens (primary N) is 5. The SMILES string of the molecule is CC[C@H](C)[C@H](NC(=O)[C@@H](N)CCCN=C(N)N)C(=O)N[C@@H](CC(N)=O)C(=O)N[C@@H](CC(N)=O)C(=O)N[C@H](C(=O)N1CCC[C@H]1C(=O)N[C@@H](Cc1c[nH]c2ccccc12)C(=O)N[C@@H](CO)C(=O)N[C@@H](CCC(=O)O)C(=O)N[C@@H](C)C(=O)N[C@@H](CCSC)C(=O)N[C@@H](CCSC)C(=O)O)[C@@H](C)CC. The van der Waals surface area contributed by atoms with Crippen LogP contribution in [0.4, 0.5) is 0 Å². The van der Waals surface area contributed by atoms with Gasteiger partial charge in [-0.1, -0.05) is 58.7 Å². The number of nitrogens with zero attached hydrogens (tertiary/aromatic N) is 2. The number of aromatic amines is 1. The van der Waals surface area contributed by atoms with E-state index in [2.05, 4.69) is 63.1 Å². The molecular formula is C63H100N18O18S2. The van der Waals surface area contributed by atoms with Crippen LogP contribution in [0.1, 0.15) is 117 Å². The van der Waals surface area contributed by atoms with Gasteiger partial charge in [-0.2, -0.15) is 23.5 Å². The van der Waals surface area contributed by atoms with Crippen LogP contribution < -0.4 is 81.8 Å². The maximum absolute atomic E-state index is 14.9. The first kappa shape index (κ1) is 85.9. The van der Waals surface area contributed by atoms with Gasteiger partial charge in [0.15, 0.2) is 5.96 Å². The van der Waals surface area contributed by atoms with E-state index in [4.69, 9.17) is 28.7 Å². The van der Waals surface area contributed by atoms with Crippen LogP contribution in [0.5, 0.6) is 0 Å². The van der Waals surface area contributed by atoms with Crippen molar-refractivity contribution in [2.45, 2.75) is 191 Å². The van der Waals surface area contributed by atoms with E-state index >= 15 is 0 Å². The van der Waals surface area contributed by atoms with E-state index in [1.165, 1.54) is 35.3 Å². The number of carboxylic acid groups (broad SMARTS) is 2. The quantitative estimate of drug-likeness (QED) is 0.0168. The lowest BCUT2D eigenvalue weighted by molar-refractivity contribution is -0.144. The van der Waals surface area contributed by atoms with Gasteiger partial charge < -0.3 is 107 Å². The molecule has 0 saturated carbocycles. The number of benzene rings is 1. The number of primary amides is 2. The van der Waals surface area contributed by atoms with Crippen LogP contribution in [-0.2, 0) is 78.3 Å². The third-order valence-corrected chi connectivity index (χ3v) is 18.1. The van der Waals surface area contributed by atoms with Crippen molar-refractivity contribution in [3.8, 4) is 0 Å². The number of H-pyrrole nitrogens is 1. The number of aliphatic imine (C=N–C) groups is 1. The molecule has 2 aromatic rings. The standard InChI is InChI=1S/C63H100N18O18S2/c1-8-31(3)49(79-52(88)36(64)15-12-22-69-63(67)68)60(96)77-42(27-46(65)83)56(92)75-43(28-47(66)84)57(93)80-50(32(4)9-2)61(97)81-23-13-17-45(81)59(95)76-41(26-34-29-70-37-16-11-10-14-35(34)37)55(91)78-44(30-82)58(94)73-38(18-19-48(85)86)53(89)71-33(5)51(87)72-39(20-24-100-6)54(90)74-40(62(98)99)21-25-101-7/h10-11,14,16,29,31-33,36,38-45,49-50,70,82H,8-9,12-13,15,17-28,30,64H2,1-7H3,(H2,65,83)(H2,66,84)(H,71,89)(H,72,87)(H,73,94)(H,74,90)(H,75,92)(H,76,95)(H,77,96)(H,78,91)(H,79,88)(H,80,93)(H,85,86)(H,98,99)(H4,67,68,69)/t31-,32-,33-,36-,38-,39-,40-,41-,42-,43-,44-,45-,49-,50-/m0/s1. The number of aromatic nitrogens is 1. The monoisotopic (exact) mass is 1460 g/mol. The first-order valence-electron chi connectivity index (χ1n) is 33.0. The first-order valence-corrected chi connectivity index (χ1v) is 35.8. The van der Waals surface area contributed by atoms with Crippen LogP contribution >= 0.6 is 23.5 Å². The largest absolute Gasteiger partial charge is 0.481 e. The van der Waals surface area contributed by atoms with Crippen molar-refractivity contribution in [3.05, 3.63) is 36.0 Å². The second-order valence-electron chi connectivity index (χ2n) is 24.6. The van der Waals surface area contributed by atoms with Gasteiger partial charge in [0.1, 0.15) is 66.5 Å². The second-order valence-corrected chi connectivity index (χ2v) is 26.5. The molecule has 3 rings (SSSR count). The molecule has 0 unspecified atom stereocenters. The lowest BCUT2D eigenvalue weighted by atomic mass is 9.96. The number of rotatable bonds is 46. The highest BCUT2D eigenvalue weighted by Gasteiger charge is 2.43. The predicted octanol–water partition coefficient (Wildman–Crippen LogP) is -4.76. The fourth-order valence-corrected chi connectivity index (χ4v) is 11.5. The molecule has 13 amide bonds. The van der Waals surface area contributed by atoms with E-state index in [-0.39, 0.29) is 64.0 Å². The van der Waals surface area contributed by atoms with Crippen molar-refractivity contribution in [1.82, 2.24) is 63.1 Å². The van der Waals surface area contributed by atoms with E-state index in [0.29, 0.717) is 40.8 Å². The van der Waals surface area contributed by atoms with Gasteiger partial charge in [0.05, 0.1) is 25.5 Å². The molecule has 0 spiro atoms. The number of amides is 13. The average Bonchev–Trinajstić information content (AvgIpc) is 1.59. The Hall–Kier alpha value is -9.30. The molecule has 0 radical (unpaired) electrons. The highest BCUT2D eigenvalue weighted by atomic mass is 32.2. The van der Waals surface area contributed by atoms with Crippen LogP contribution in [0.25, 0.3) is 10.9 Å². The van der Waals surface area contributed by atoms with Gasteiger partial charge in [-0.3, -0.25) is 72.1 Å². The van der Waals surface area contributed by atoms with Crippen molar-refractivity contribution in [3.63, 3.8) is 0 Å². The van der Waals surface area contributed by atoms with E-state index < -0.39 is 205 Å². The summed E-state index contributed by atoms with van der Waals surface area (Å²) in [7, 11) is 0. The molecule has 1 aromatic heterocycles. The van der Waals surface area contributed by atoms with E-state index in [9.17, 15) is 87.2 Å². The molecule has 562 valence electrons. The number of aliphatic hydroxyl groups excluding tert-OH is 1. The number of hydrogen-bond donors (Lipinski definition) is 19. The lowest BCUT2D eigenvalue weighted by Gasteiger charge is -2.33. The number of thioether (sulfide) groups is 2. The summed E-state index contributed by atoms with van der Waals surface area (Å²) in [6.45, 7) is 6.85. The lowest BCUT2D eigenvalue weighted by Crippen LogP contribution is -2.62. The zero-order valence-electron chi connectivity index (χ0n) is 57.8. The van der Waals surface area contributed by atoms with Gasteiger partial charge in [-0.05, 0) is 99.4 Å². The van der Waals surface area contributed by atoms with Crippen LogP contribution in [0.15, 0.2) is 35.5 Å². The molecule has 1 aromatic carbocycles. The van der Waals surface area contributed by atoms with E-state index in [1.54, 1.807) is 70.7 Å². The Bertz CT molecular complexity index is 3260. The summed E-state index contributed by atoms with van der Waals surface area (Å²) in [5.41, 5.74) is 29.0. The Labute approximate surface area is 592 Å². The normalized spacial score (nSPS) is 16.5. The molecule has 0 bridgehead atoms. The molecule has 0 aliphatic carbocycles. The Kier molecular flexibility index (Phi) is 36.9. The Morgan fingerprint density at radius 3 is 1.66 bits per heavy atom. The first-order chi connectivity index (χ1) is 47.7. The molecule has 2 heterocycles. The van der Waals surface area contributed by atoms with Gasteiger partial charge in [0.25, 0.3) is 0 Å². The van der Waals surface area contributed by atoms with Crippen LogP contribution in [-0.4, -0.2) is 236 Å². The summed E-state index contributed by atoms with van der Waals surface area (Å²) in [6.07, 6.45) is 3.18. The fourth-order valence-electron chi connectivity index (χ4n) is 10.6. The highest BCUT2D eigenvalue weighted by molar-refractivity contribution is 7.98. The molecular weight excluding hydrogens is 1360 g/mol. The zero-order valence-corrected chi connectivity index (χ0v) is 59.4. The topological polar surface area (TPSA) is 599 Å². The molecule has 1 aliphatic heterocycles. The van der Waals surface area contributed by atoms with Crippen LogP contribution in [0.3, 0.4) is 0 Å². The smallest absolute Gasteiger partial charge is 0.326 e. The van der Waals surface area contributed by atoms with Gasteiger partial charge >= 0.3 is 11.9 Å². The van der Waals surface area contributed by atoms with Crippen LogP contribution in [0, 0.1) is 11.8 Å². The summed E-state index contributed by atoms with van der Waals surface area (Å²) >= 11 is 2.70. The minimum absolute atomic E-state index is 0.0178. The molecule has 38 heteroatoms. The molecule has 14 atom stereocenters. The third-order valence-electron chi connectivity index (χ3n) is 16.8. The van der Waals surface area contributed by atoms with E-state index in [1.807, 2.05) is 0 Å². The number of para-hydroxylation sites is 1. The zero-order chi connectivity index (χ0) is 75.8. The number of guanidine groups is 1. The van der Waals surface area contributed by atoms with Crippen molar-refractivity contribution >= 4 is 129 Å². The second kappa shape index (κ2) is 43.4. The minimum Gasteiger partial charge on any atom is -0.481 e. The number of nitrogens with one attached hydrogen (secondary N) is 11. The maximum atomic E-state index is 14.9. The number of hydrogen-bond acceptors (Lipinski definition) is 20. The summed E-state index contributed by atoms with van der Waals surface area (Å²) < 4.78 is 0. The van der Waals surface area contributed by atoms with Crippen molar-refractivity contribution in [2.75, 3.05) is 43.7 Å². The molecule has 101 heavy (non-hydrogen) atoms. The maximum Gasteiger partial charge on any atom is 0.326 e. The summed E-state index contributed by atoms with van der Waals surface area (Å²) in [6, 6.07) is -11.1. The van der Waals surface area contributed by atoms with Crippen LogP contribution in [0.2, 0.25) is 0 Å². The molecule has 1 aliphatic rings. The Morgan fingerprint density at radius 1 is 0.594 bits per heavy atom. The number of aliphatic carboxylic acids is 2. The predicted molar refractivity (Wildman–Crippen MR) is 374 cm³/mol. The molecule has 1 fully saturated rings. The molecule has 1 saturated heterocycles. The van der Waals surface area contributed by atoms with Crippen molar-refractivity contribution < 1.29 is 87.2 Å². The Balaban J connectivity index is 1.91. The van der Waals surface area contributed by atoms with Crippen molar-refractivity contribution in [1.29, 1.82) is 0 Å². The summed E-state index contributed by atoms with van der Waals surface area (Å²) in [4.78, 5) is 211. The summed E-state index contributed by atoms with van der Waals surface area (Å²) in [5, 5.41) is 55.1. The van der Waals surface area contributed by atoms with Gasteiger partial charge in [-0.25, -0.2) is 4.79 Å². The summed E-state index contributed by atoms with van der Waals surface area (Å²) in [5.74, 6) is -16.3. The van der Waals surface area contributed by atoms with E-state index in [0.717, 1.165) is 0 Å². The highest BCUT2D eigenvalue weighted by Crippen LogP contribution is 2.24. The third kappa shape index (κ3) is 28.3. The average molecular weight is 1460 g/mol. The van der Waals surface area contributed by atoms with Gasteiger partial charge in [-0.15, -0.1) is 0 Å².